The summed E-state index contributed by atoms with van der Waals surface area (Å²) in [4.78, 5) is 12.4. The summed E-state index contributed by atoms with van der Waals surface area (Å²) in [7, 11) is 1.80. The van der Waals surface area contributed by atoms with Crippen LogP contribution in [-0.4, -0.2) is 15.6 Å². The van der Waals surface area contributed by atoms with Crippen molar-refractivity contribution in [2.45, 2.75) is 32.1 Å². The Balaban J connectivity index is 2.22. The number of ether oxygens (including phenoxy) is 1. The third-order valence-electron chi connectivity index (χ3n) is 3.94. The van der Waals surface area contributed by atoms with Crippen LogP contribution in [-0.2, 0) is 16.6 Å². The van der Waals surface area contributed by atoms with E-state index in [0.29, 0.717) is 24.2 Å². The summed E-state index contributed by atoms with van der Waals surface area (Å²) in [6.45, 7) is 1.87. The van der Waals surface area contributed by atoms with Gasteiger partial charge in [0.1, 0.15) is 17.4 Å². The molecule has 1 aromatic rings. The monoisotopic (exact) mass is 284 g/mol. The van der Waals surface area contributed by atoms with Gasteiger partial charge in [-0.3, -0.25) is 9.48 Å². The van der Waals surface area contributed by atoms with E-state index < -0.39 is 5.92 Å². The number of ketones is 1. The van der Waals surface area contributed by atoms with Crippen molar-refractivity contribution in [1.29, 1.82) is 5.26 Å². The molecule has 6 heteroatoms. The van der Waals surface area contributed by atoms with Gasteiger partial charge in [-0.05, 0) is 19.4 Å². The molecule has 1 atom stereocenters. The Bertz CT molecular complexity index is 733. The maximum absolute atomic E-state index is 12.4. The van der Waals surface area contributed by atoms with Crippen molar-refractivity contribution in [2.75, 3.05) is 0 Å². The Labute approximate surface area is 122 Å². The summed E-state index contributed by atoms with van der Waals surface area (Å²) in [6.07, 6.45) is 1.91. The Morgan fingerprint density at radius 1 is 1.52 bits per heavy atom. The van der Waals surface area contributed by atoms with E-state index in [0.717, 1.165) is 17.8 Å². The Hall–Kier alpha value is -2.55. The van der Waals surface area contributed by atoms with E-state index in [4.69, 9.17) is 10.5 Å². The van der Waals surface area contributed by atoms with Crippen LogP contribution in [0.5, 0.6) is 0 Å². The topological polar surface area (TPSA) is 93.9 Å². The van der Waals surface area contributed by atoms with Gasteiger partial charge in [-0.2, -0.15) is 10.4 Å². The third kappa shape index (κ3) is 2.02. The fourth-order valence-corrected chi connectivity index (χ4v) is 3.05. The van der Waals surface area contributed by atoms with Crippen molar-refractivity contribution < 1.29 is 9.53 Å². The van der Waals surface area contributed by atoms with Gasteiger partial charge in [0.25, 0.3) is 0 Å². The molecule has 3 rings (SSSR count). The summed E-state index contributed by atoms with van der Waals surface area (Å²) in [6, 6.07) is 3.98. The molecule has 0 fully saturated rings. The van der Waals surface area contributed by atoms with E-state index in [1.807, 2.05) is 13.0 Å². The molecule has 2 aliphatic rings. The summed E-state index contributed by atoms with van der Waals surface area (Å²) in [5, 5.41) is 13.7. The number of allylic oxidation sites excluding steroid dienone is 3. The van der Waals surface area contributed by atoms with Crippen LogP contribution >= 0.6 is 0 Å². The molecule has 1 aromatic heterocycles. The highest BCUT2D eigenvalue weighted by molar-refractivity contribution is 5.99. The maximum atomic E-state index is 12.4. The molecule has 0 amide bonds. The minimum absolute atomic E-state index is 0.0281. The highest BCUT2D eigenvalue weighted by atomic mass is 16.5. The molecule has 2 N–H and O–H groups in total. The van der Waals surface area contributed by atoms with Crippen LogP contribution in [0.25, 0.3) is 0 Å². The van der Waals surface area contributed by atoms with Crippen LogP contribution in [0.2, 0.25) is 0 Å². The molecule has 0 bridgehead atoms. The number of aromatic nitrogens is 2. The van der Waals surface area contributed by atoms with Crippen molar-refractivity contribution in [3.63, 3.8) is 0 Å². The first kappa shape index (κ1) is 13.4. The van der Waals surface area contributed by atoms with Gasteiger partial charge in [-0.25, -0.2) is 0 Å². The van der Waals surface area contributed by atoms with Crippen LogP contribution in [0.1, 0.15) is 36.6 Å². The van der Waals surface area contributed by atoms with Gasteiger partial charge >= 0.3 is 0 Å². The van der Waals surface area contributed by atoms with Crippen molar-refractivity contribution >= 4 is 5.78 Å². The number of hydrogen-bond acceptors (Lipinski definition) is 5. The fourth-order valence-electron chi connectivity index (χ4n) is 3.05. The Morgan fingerprint density at radius 3 is 2.90 bits per heavy atom. The number of nitrogens with zero attached hydrogens (tertiary/aromatic N) is 3. The van der Waals surface area contributed by atoms with Crippen LogP contribution in [0.15, 0.2) is 28.9 Å². The van der Waals surface area contributed by atoms with Gasteiger partial charge < -0.3 is 10.5 Å². The normalized spacial score (nSPS) is 22.0. The molecule has 21 heavy (non-hydrogen) atoms. The molecule has 108 valence electrons. The fraction of sp³-hybridized carbons (Fsp3) is 0.400. The summed E-state index contributed by atoms with van der Waals surface area (Å²) < 4.78 is 7.22. The molecular weight excluding hydrogens is 268 g/mol. The van der Waals surface area contributed by atoms with Crippen LogP contribution in [0, 0.1) is 18.3 Å². The van der Waals surface area contributed by atoms with E-state index >= 15 is 0 Å². The molecule has 0 saturated heterocycles. The zero-order valence-electron chi connectivity index (χ0n) is 12.0. The Kier molecular flexibility index (Phi) is 3.05. The number of carbonyl (C=O) groups is 1. The zero-order chi connectivity index (χ0) is 15.1. The first-order valence-electron chi connectivity index (χ1n) is 6.87. The summed E-state index contributed by atoms with van der Waals surface area (Å²) in [5.74, 6) is 0.250. The highest BCUT2D eigenvalue weighted by Gasteiger charge is 2.39. The number of nitriles is 1. The lowest BCUT2D eigenvalue weighted by atomic mass is 9.79. The molecule has 0 unspecified atom stereocenters. The van der Waals surface area contributed by atoms with Gasteiger partial charge in [0.15, 0.2) is 5.78 Å². The minimum atomic E-state index is -0.474. The quantitative estimate of drug-likeness (QED) is 0.844. The van der Waals surface area contributed by atoms with Gasteiger partial charge in [0.2, 0.25) is 5.88 Å². The molecule has 1 aliphatic heterocycles. The van der Waals surface area contributed by atoms with Gasteiger partial charge in [-0.15, -0.1) is 0 Å². The van der Waals surface area contributed by atoms with Gasteiger partial charge in [0, 0.05) is 25.5 Å². The van der Waals surface area contributed by atoms with Crippen LogP contribution < -0.4 is 5.73 Å². The number of rotatable bonds is 1. The van der Waals surface area contributed by atoms with E-state index in [9.17, 15) is 10.1 Å². The number of nitrogens with two attached hydrogens (primary N) is 1. The van der Waals surface area contributed by atoms with E-state index in [-0.39, 0.29) is 17.2 Å². The summed E-state index contributed by atoms with van der Waals surface area (Å²) >= 11 is 0. The van der Waals surface area contributed by atoms with Gasteiger partial charge in [-0.1, -0.05) is 0 Å². The lowest BCUT2D eigenvalue weighted by Crippen LogP contribution is -2.28. The largest absolute Gasteiger partial charge is 0.444 e. The predicted octanol–water partition coefficient (Wildman–Crippen LogP) is 1.54. The van der Waals surface area contributed by atoms with Crippen molar-refractivity contribution in [3.8, 4) is 6.07 Å². The SMILES string of the molecule is Cc1cc([C@H]2C(C#N)=C(N)OC3=C2C(=O)CCC3)n(C)n1. The molecule has 0 aromatic carbocycles. The first-order chi connectivity index (χ1) is 10.0. The zero-order valence-corrected chi connectivity index (χ0v) is 12.0. The second kappa shape index (κ2) is 4.77. The highest BCUT2D eigenvalue weighted by Crippen LogP contribution is 2.43. The van der Waals surface area contributed by atoms with E-state index in [2.05, 4.69) is 11.2 Å². The van der Waals surface area contributed by atoms with Crippen LogP contribution in [0.3, 0.4) is 0 Å². The van der Waals surface area contributed by atoms with Crippen LogP contribution in [0.4, 0.5) is 0 Å². The first-order valence-corrected chi connectivity index (χ1v) is 6.87. The molecule has 6 nitrogen and oxygen atoms in total. The number of hydrogen-bond donors (Lipinski definition) is 1. The molecule has 1 aliphatic carbocycles. The molecule has 2 heterocycles. The lowest BCUT2D eigenvalue weighted by Gasteiger charge is -2.30. The average molecular weight is 284 g/mol. The molecular formula is C15H16N4O2. The van der Waals surface area contributed by atoms with Gasteiger partial charge in [0.05, 0.1) is 17.3 Å². The molecule has 0 saturated carbocycles. The van der Waals surface area contributed by atoms with E-state index in [1.165, 1.54) is 0 Å². The second-order valence-electron chi connectivity index (χ2n) is 5.37. The van der Waals surface area contributed by atoms with Crippen molar-refractivity contribution in [1.82, 2.24) is 9.78 Å². The molecule has 0 radical (unpaired) electrons. The maximum Gasteiger partial charge on any atom is 0.205 e. The number of aryl methyl sites for hydroxylation is 2. The summed E-state index contributed by atoms with van der Waals surface area (Å²) in [5.41, 5.74) is 8.36. The third-order valence-corrected chi connectivity index (χ3v) is 3.94. The smallest absolute Gasteiger partial charge is 0.205 e. The van der Waals surface area contributed by atoms with E-state index in [1.54, 1.807) is 11.7 Å². The molecule has 0 spiro atoms. The number of carbonyl (C=O) groups excluding carboxylic acids is 1. The van der Waals surface area contributed by atoms with Crippen molar-refractivity contribution in [2.24, 2.45) is 12.8 Å². The Morgan fingerprint density at radius 2 is 2.29 bits per heavy atom. The lowest BCUT2D eigenvalue weighted by molar-refractivity contribution is -0.116. The number of Topliss-reactive ketones (excluding diaryl/α,β-unsaturated/α-hetero) is 1. The predicted molar refractivity (Wildman–Crippen MR) is 74.5 cm³/mol. The van der Waals surface area contributed by atoms with Crippen molar-refractivity contribution in [3.05, 3.63) is 40.2 Å². The standard InChI is InChI=1S/C15H16N4O2/c1-8-6-10(19(2)18-8)13-9(7-16)15(17)21-12-5-3-4-11(20)14(12)13/h6,13H,3-5,17H2,1-2H3/t13-/m1/s1. The second-order valence-corrected chi connectivity index (χ2v) is 5.37. The average Bonchev–Trinajstić information content (AvgIpc) is 2.76. The minimum Gasteiger partial charge on any atom is -0.444 e.